The van der Waals surface area contributed by atoms with Crippen LogP contribution in [0.2, 0.25) is 0 Å². The van der Waals surface area contributed by atoms with E-state index in [2.05, 4.69) is 29.6 Å². The lowest BCUT2D eigenvalue weighted by Crippen LogP contribution is -2.48. The summed E-state index contributed by atoms with van der Waals surface area (Å²) in [7, 11) is 0. The monoisotopic (exact) mass is 377 g/mol. The molecule has 0 bridgehead atoms. The van der Waals surface area contributed by atoms with Gasteiger partial charge in [0.15, 0.2) is 0 Å². The van der Waals surface area contributed by atoms with Crippen molar-refractivity contribution in [2.24, 2.45) is 5.41 Å². The lowest BCUT2D eigenvalue weighted by molar-refractivity contribution is -0.137. The number of benzene rings is 2. The number of nitrogens with one attached hydrogen (secondary N) is 1. The third-order valence-corrected chi connectivity index (χ3v) is 5.67. The highest BCUT2D eigenvalue weighted by atomic mass is 16.5. The van der Waals surface area contributed by atoms with Crippen molar-refractivity contribution in [2.75, 3.05) is 13.2 Å². The molecule has 1 aliphatic heterocycles. The number of fused-ring (bicyclic) bond motifs is 1. The smallest absolute Gasteiger partial charge is 0.226 e. The normalized spacial score (nSPS) is 16.4. The molecule has 1 fully saturated rings. The maximum absolute atomic E-state index is 13.2. The Balaban J connectivity index is 1.74. The van der Waals surface area contributed by atoms with E-state index in [4.69, 9.17) is 9.15 Å². The van der Waals surface area contributed by atoms with E-state index in [0.29, 0.717) is 19.6 Å². The minimum atomic E-state index is -0.432. The summed E-state index contributed by atoms with van der Waals surface area (Å²) in [6, 6.07) is 16.6. The third-order valence-electron chi connectivity index (χ3n) is 5.67. The van der Waals surface area contributed by atoms with Crippen molar-refractivity contribution in [3.05, 3.63) is 60.4 Å². The second kappa shape index (κ2) is 7.80. The van der Waals surface area contributed by atoms with Gasteiger partial charge in [0.1, 0.15) is 5.58 Å². The number of furan rings is 1. The number of carbonyl (C=O) groups is 1. The summed E-state index contributed by atoms with van der Waals surface area (Å²) in [6.07, 6.45) is 4.01. The highest BCUT2D eigenvalue weighted by Gasteiger charge is 2.40. The van der Waals surface area contributed by atoms with Crippen LogP contribution < -0.4 is 5.32 Å². The van der Waals surface area contributed by atoms with E-state index in [1.807, 2.05) is 44.4 Å². The lowest BCUT2D eigenvalue weighted by atomic mass is 9.73. The van der Waals surface area contributed by atoms with Crippen LogP contribution in [-0.2, 0) is 16.0 Å². The highest BCUT2D eigenvalue weighted by Crippen LogP contribution is 2.39. The number of carbonyl (C=O) groups excluding carboxylic acids is 1. The molecule has 3 aromatic rings. The predicted octanol–water partition coefficient (Wildman–Crippen LogP) is 4.96. The molecule has 4 nitrogen and oxygen atoms in total. The first kappa shape index (κ1) is 18.8. The third kappa shape index (κ3) is 3.57. The van der Waals surface area contributed by atoms with Crippen LogP contribution in [-0.4, -0.2) is 25.2 Å². The molecule has 0 saturated carbocycles. The first-order valence-electron chi connectivity index (χ1n) is 10.0. The number of para-hydroxylation sites is 1. The lowest BCUT2D eigenvalue weighted by Gasteiger charge is -2.37. The Hall–Kier alpha value is -2.59. The standard InChI is InChI=1S/C24H27NO3/c1-17(2)25-23(26)24(11-13-27-14-12-24)15-18-7-3-4-8-19(18)21-16-28-22-10-6-5-9-20(21)22/h3-10,16-17H,11-15H2,1-2H3,(H,25,26). The molecule has 0 radical (unpaired) electrons. The molecule has 1 amide bonds. The number of hydrogen-bond acceptors (Lipinski definition) is 3. The quantitative estimate of drug-likeness (QED) is 0.683. The molecule has 1 N–H and O–H groups in total. The van der Waals surface area contributed by atoms with Crippen LogP contribution in [0.1, 0.15) is 32.3 Å². The zero-order valence-corrected chi connectivity index (χ0v) is 16.5. The zero-order valence-electron chi connectivity index (χ0n) is 16.5. The van der Waals surface area contributed by atoms with E-state index >= 15 is 0 Å². The molecular weight excluding hydrogens is 350 g/mol. The molecular formula is C24H27NO3. The molecule has 2 aromatic carbocycles. The van der Waals surface area contributed by atoms with Gasteiger partial charge in [-0.25, -0.2) is 0 Å². The first-order valence-corrected chi connectivity index (χ1v) is 10.0. The van der Waals surface area contributed by atoms with E-state index in [1.165, 1.54) is 5.56 Å². The molecule has 0 spiro atoms. The fourth-order valence-electron chi connectivity index (χ4n) is 4.15. The average Bonchev–Trinajstić information content (AvgIpc) is 3.13. The SMILES string of the molecule is CC(C)NC(=O)C1(Cc2ccccc2-c2coc3ccccc23)CCOCC1. The summed E-state index contributed by atoms with van der Waals surface area (Å²) < 4.78 is 11.4. The highest BCUT2D eigenvalue weighted by molar-refractivity contribution is 5.95. The van der Waals surface area contributed by atoms with E-state index in [1.54, 1.807) is 0 Å². The second-order valence-electron chi connectivity index (χ2n) is 8.00. The van der Waals surface area contributed by atoms with Crippen molar-refractivity contribution in [3.8, 4) is 11.1 Å². The van der Waals surface area contributed by atoms with Crippen molar-refractivity contribution >= 4 is 16.9 Å². The van der Waals surface area contributed by atoms with Crippen LogP contribution in [0.5, 0.6) is 0 Å². The Kier molecular flexibility index (Phi) is 5.23. The second-order valence-corrected chi connectivity index (χ2v) is 8.00. The van der Waals surface area contributed by atoms with E-state index in [0.717, 1.165) is 34.9 Å². The summed E-state index contributed by atoms with van der Waals surface area (Å²) >= 11 is 0. The van der Waals surface area contributed by atoms with Crippen LogP contribution in [0, 0.1) is 5.41 Å². The molecule has 1 saturated heterocycles. The van der Waals surface area contributed by atoms with Gasteiger partial charge < -0.3 is 14.5 Å². The Morgan fingerprint density at radius 2 is 1.75 bits per heavy atom. The Bertz CT molecular complexity index is 967. The Morgan fingerprint density at radius 1 is 1.04 bits per heavy atom. The Morgan fingerprint density at radius 3 is 2.54 bits per heavy atom. The number of hydrogen-bond donors (Lipinski definition) is 1. The maximum Gasteiger partial charge on any atom is 0.226 e. The predicted molar refractivity (Wildman–Crippen MR) is 111 cm³/mol. The molecule has 0 atom stereocenters. The van der Waals surface area contributed by atoms with Crippen molar-refractivity contribution in [2.45, 2.75) is 39.2 Å². The summed E-state index contributed by atoms with van der Waals surface area (Å²) in [5, 5.41) is 4.24. The fraction of sp³-hybridized carbons (Fsp3) is 0.375. The molecule has 1 aromatic heterocycles. The van der Waals surface area contributed by atoms with E-state index < -0.39 is 5.41 Å². The summed E-state index contributed by atoms with van der Waals surface area (Å²) in [5.41, 5.74) is 3.84. The summed E-state index contributed by atoms with van der Waals surface area (Å²) in [6.45, 7) is 5.28. The number of amides is 1. The summed E-state index contributed by atoms with van der Waals surface area (Å²) in [5.74, 6) is 0.137. The zero-order chi connectivity index (χ0) is 19.6. The van der Waals surface area contributed by atoms with Crippen LogP contribution in [0.15, 0.2) is 59.2 Å². The van der Waals surface area contributed by atoms with Crippen molar-refractivity contribution in [1.82, 2.24) is 5.32 Å². The van der Waals surface area contributed by atoms with Crippen molar-refractivity contribution in [3.63, 3.8) is 0 Å². The largest absolute Gasteiger partial charge is 0.464 e. The molecule has 1 aliphatic rings. The average molecular weight is 377 g/mol. The van der Waals surface area contributed by atoms with Gasteiger partial charge in [-0.3, -0.25) is 4.79 Å². The van der Waals surface area contributed by atoms with Crippen molar-refractivity contribution in [1.29, 1.82) is 0 Å². The van der Waals surface area contributed by atoms with E-state index in [-0.39, 0.29) is 11.9 Å². The Labute approximate surface area is 165 Å². The molecule has 0 aliphatic carbocycles. The van der Waals surface area contributed by atoms with Gasteiger partial charge in [0.05, 0.1) is 11.7 Å². The first-order chi connectivity index (χ1) is 13.6. The minimum absolute atomic E-state index is 0.125. The maximum atomic E-state index is 13.2. The van der Waals surface area contributed by atoms with Crippen LogP contribution in [0.25, 0.3) is 22.1 Å². The number of rotatable bonds is 5. The summed E-state index contributed by atoms with van der Waals surface area (Å²) in [4.78, 5) is 13.2. The van der Waals surface area contributed by atoms with Crippen LogP contribution in [0.3, 0.4) is 0 Å². The minimum Gasteiger partial charge on any atom is -0.464 e. The van der Waals surface area contributed by atoms with Gasteiger partial charge in [0.25, 0.3) is 0 Å². The molecule has 28 heavy (non-hydrogen) atoms. The molecule has 4 heteroatoms. The molecule has 0 unspecified atom stereocenters. The van der Waals surface area contributed by atoms with Crippen LogP contribution >= 0.6 is 0 Å². The fourth-order valence-corrected chi connectivity index (χ4v) is 4.15. The van der Waals surface area contributed by atoms with Gasteiger partial charge >= 0.3 is 0 Å². The topological polar surface area (TPSA) is 51.5 Å². The van der Waals surface area contributed by atoms with Crippen LogP contribution in [0.4, 0.5) is 0 Å². The molecule has 146 valence electrons. The van der Waals surface area contributed by atoms with Gasteiger partial charge in [0, 0.05) is 30.2 Å². The molecule has 4 rings (SSSR count). The van der Waals surface area contributed by atoms with Gasteiger partial charge in [-0.2, -0.15) is 0 Å². The van der Waals surface area contributed by atoms with E-state index in [9.17, 15) is 4.79 Å². The van der Waals surface area contributed by atoms with Gasteiger partial charge in [0.2, 0.25) is 5.91 Å². The van der Waals surface area contributed by atoms with Gasteiger partial charge in [-0.15, -0.1) is 0 Å². The van der Waals surface area contributed by atoms with Gasteiger partial charge in [-0.1, -0.05) is 42.5 Å². The number of ether oxygens (including phenoxy) is 1. The van der Waals surface area contributed by atoms with Crippen molar-refractivity contribution < 1.29 is 13.9 Å². The van der Waals surface area contributed by atoms with Gasteiger partial charge in [-0.05, 0) is 50.3 Å². The molecule has 2 heterocycles.